The number of amides is 1. The molecular weight excluding hydrogens is 404 g/mol. The van der Waals surface area contributed by atoms with Gasteiger partial charge in [-0.25, -0.2) is 5.01 Å². The van der Waals surface area contributed by atoms with Gasteiger partial charge >= 0.3 is 0 Å². The van der Waals surface area contributed by atoms with Gasteiger partial charge in [0.15, 0.2) is 22.8 Å². The molecule has 8 nitrogen and oxygen atoms in total. The minimum atomic E-state index is -0.567. The summed E-state index contributed by atoms with van der Waals surface area (Å²) in [4.78, 5) is 17.9. The van der Waals surface area contributed by atoms with Gasteiger partial charge in [0.2, 0.25) is 5.75 Å². The zero-order valence-corrected chi connectivity index (χ0v) is 17.9. The summed E-state index contributed by atoms with van der Waals surface area (Å²) >= 11 is 1.46. The molecule has 2 aliphatic heterocycles. The first-order valence-electron chi connectivity index (χ1n) is 9.40. The molecule has 0 radical (unpaired) electrons. The molecule has 30 heavy (non-hydrogen) atoms. The number of carbonyl (C=O) groups excluding carboxylic acids is 1. The van der Waals surface area contributed by atoms with Crippen LogP contribution in [0.4, 0.5) is 0 Å². The number of rotatable bonds is 5. The predicted octanol–water partition coefficient (Wildman–Crippen LogP) is 1.61. The molecule has 0 saturated heterocycles. The third kappa shape index (κ3) is 3.35. The molecule has 2 heterocycles. The molecule has 156 valence electrons. The number of thioether (sulfide) groups is 1. The van der Waals surface area contributed by atoms with Gasteiger partial charge in [0.25, 0.3) is 5.91 Å². The molecule has 0 aliphatic carbocycles. The molecule has 0 aromatic heterocycles. The second-order valence-corrected chi connectivity index (χ2v) is 7.72. The zero-order chi connectivity index (χ0) is 21.3. The largest absolute Gasteiger partial charge is 0.493 e. The zero-order valence-electron chi connectivity index (χ0n) is 17.1. The number of benzene rings is 2. The molecular formula is C21H22N4O4S. The fourth-order valence-corrected chi connectivity index (χ4v) is 4.08. The number of hydrogen-bond acceptors (Lipinski definition) is 8. The first kappa shape index (κ1) is 20.1. The Bertz CT molecular complexity index is 1120. The molecule has 2 aromatic rings. The summed E-state index contributed by atoms with van der Waals surface area (Å²) in [5, 5.41) is 11.2. The van der Waals surface area contributed by atoms with Crippen molar-refractivity contribution in [2.75, 3.05) is 27.1 Å². The monoisotopic (exact) mass is 426 g/mol. The smallest absolute Gasteiger partial charge is 0.276 e. The van der Waals surface area contributed by atoms with Gasteiger partial charge in [-0.2, -0.15) is 0 Å². The Morgan fingerprint density at radius 3 is 2.43 bits per heavy atom. The van der Waals surface area contributed by atoms with Crippen LogP contribution in [-0.2, 0) is 4.79 Å². The van der Waals surface area contributed by atoms with E-state index in [0.717, 1.165) is 21.9 Å². The first-order valence-corrected chi connectivity index (χ1v) is 10.4. The van der Waals surface area contributed by atoms with Crippen LogP contribution in [0.3, 0.4) is 0 Å². The van der Waals surface area contributed by atoms with Crippen molar-refractivity contribution in [3.63, 3.8) is 0 Å². The average molecular weight is 426 g/mol. The number of hydrogen-bond donors (Lipinski definition) is 1. The van der Waals surface area contributed by atoms with Gasteiger partial charge < -0.3 is 14.2 Å². The van der Waals surface area contributed by atoms with Crippen LogP contribution in [0.25, 0.3) is 5.70 Å². The lowest BCUT2D eigenvalue weighted by Gasteiger charge is -2.34. The van der Waals surface area contributed by atoms with Crippen LogP contribution < -0.4 is 30.1 Å². The Morgan fingerprint density at radius 1 is 1.10 bits per heavy atom. The molecule has 1 unspecified atom stereocenters. The van der Waals surface area contributed by atoms with Gasteiger partial charge in [-0.15, -0.1) is 5.10 Å². The number of hydrazone groups is 1. The molecule has 0 saturated carbocycles. The number of ether oxygens (including phenoxy) is 3. The van der Waals surface area contributed by atoms with Gasteiger partial charge in [-0.1, -0.05) is 36.9 Å². The highest BCUT2D eigenvalue weighted by molar-refractivity contribution is 8.13. The lowest BCUT2D eigenvalue weighted by atomic mass is 10.1. The van der Waals surface area contributed by atoms with Gasteiger partial charge in [0.1, 0.15) is 5.70 Å². The molecule has 1 N–H and O–H groups in total. The Morgan fingerprint density at radius 2 is 1.80 bits per heavy atom. The summed E-state index contributed by atoms with van der Waals surface area (Å²) in [6.45, 7) is 2.01. The Hall–Kier alpha value is -3.20. The molecule has 4 rings (SSSR count). The van der Waals surface area contributed by atoms with Crippen LogP contribution in [0.15, 0.2) is 46.5 Å². The lowest BCUT2D eigenvalue weighted by molar-refractivity contribution is -0.116. The average Bonchev–Trinajstić information content (AvgIpc) is 2.77. The topological polar surface area (TPSA) is 84.8 Å². The van der Waals surface area contributed by atoms with Crippen molar-refractivity contribution >= 4 is 28.5 Å². The predicted molar refractivity (Wildman–Crippen MR) is 115 cm³/mol. The van der Waals surface area contributed by atoms with E-state index in [4.69, 9.17) is 24.3 Å². The van der Waals surface area contributed by atoms with Gasteiger partial charge in [-0.3, -0.25) is 15.1 Å². The highest BCUT2D eigenvalue weighted by Crippen LogP contribution is 2.42. The molecule has 0 fully saturated rings. The number of nitrogens with zero attached hydrogens (tertiary/aromatic N) is 3. The molecule has 2 aliphatic rings. The maximum atomic E-state index is 13.0. The second kappa shape index (κ2) is 8.27. The SMILES string of the molecule is CCSC1=NN2C(=c3ccccc3=NC2c2cc(OC)c(OC)c(OC)c2)C(=O)N1. The van der Waals surface area contributed by atoms with E-state index in [-0.39, 0.29) is 5.91 Å². The summed E-state index contributed by atoms with van der Waals surface area (Å²) in [6.07, 6.45) is -0.567. The van der Waals surface area contributed by atoms with E-state index in [1.54, 1.807) is 26.3 Å². The second-order valence-electron chi connectivity index (χ2n) is 6.46. The summed E-state index contributed by atoms with van der Waals surface area (Å²) < 4.78 is 16.4. The number of methoxy groups -OCH3 is 3. The summed E-state index contributed by atoms with van der Waals surface area (Å²) in [5.74, 6) is 2.09. The Labute approximate surface area is 178 Å². The molecule has 0 bridgehead atoms. The van der Waals surface area contributed by atoms with E-state index >= 15 is 0 Å². The summed E-state index contributed by atoms with van der Waals surface area (Å²) in [5.41, 5.74) is 1.22. The van der Waals surface area contributed by atoms with E-state index in [2.05, 4.69) is 5.32 Å². The fourth-order valence-electron chi connectivity index (χ4n) is 3.50. The first-order chi connectivity index (χ1) is 14.6. The van der Waals surface area contributed by atoms with Crippen LogP contribution in [0.2, 0.25) is 0 Å². The van der Waals surface area contributed by atoms with Crippen LogP contribution in [0.5, 0.6) is 17.2 Å². The molecule has 9 heteroatoms. The van der Waals surface area contributed by atoms with E-state index in [1.165, 1.54) is 11.8 Å². The van der Waals surface area contributed by atoms with Crippen molar-refractivity contribution in [2.45, 2.75) is 13.1 Å². The van der Waals surface area contributed by atoms with Crippen LogP contribution in [0, 0.1) is 0 Å². The van der Waals surface area contributed by atoms with E-state index in [0.29, 0.717) is 28.1 Å². The maximum absolute atomic E-state index is 13.0. The standard InChI is InChI=1S/C21H22N4O4S/c1-5-30-21-23-20(26)17-13-8-6-7-9-14(13)22-19(25(17)24-21)12-10-15(27-2)18(29-4)16(11-12)28-3/h6-11,19H,5H2,1-4H3,(H,23,24,26). The van der Waals surface area contributed by atoms with Crippen LogP contribution >= 0.6 is 11.8 Å². The summed E-state index contributed by atoms with van der Waals surface area (Å²) in [6, 6.07) is 11.2. The highest BCUT2D eigenvalue weighted by atomic mass is 32.2. The minimum Gasteiger partial charge on any atom is -0.493 e. The third-order valence-corrected chi connectivity index (χ3v) is 5.53. The number of carbonyl (C=O) groups is 1. The van der Waals surface area contributed by atoms with Gasteiger partial charge in [0, 0.05) is 10.8 Å². The van der Waals surface area contributed by atoms with E-state index in [9.17, 15) is 4.79 Å². The van der Waals surface area contributed by atoms with E-state index in [1.807, 2.05) is 43.3 Å². The fraction of sp³-hybridized carbons (Fsp3) is 0.286. The molecule has 0 spiro atoms. The lowest BCUT2D eigenvalue weighted by Crippen LogP contribution is -2.50. The third-order valence-electron chi connectivity index (χ3n) is 4.78. The van der Waals surface area contributed by atoms with E-state index < -0.39 is 6.17 Å². The van der Waals surface area contributed by atoms with Gasteiger partial charge in [0.05, 0.1) is 26.7 Å². The maximum Gasteiger partial charge on any atom is 0.276 e. The number of nitrogens with one attached hydrogen (secondary N) is 1. The Kier molecular flexibility index (Phi) is 5.54. The normalized spacial score (nSPS) is 17.3. The van der Waals surface area contributed by atoms with Crippen molar-refractivity contribution < 1.29 is 19.0 Å². The minimum absolute atomic E-state index is 0.208. The number of fused-ring (bicyclic) bond motifs is 2. The van der Waals surface area contributed by atoms with Crippen molar-refractivity contribution in [3.8, 4) is 17.2 Å². The molecule has 1 amide bonds. The van der Waals surface area contributed by atoms with Crippen molar-refractivity contribution in [3.05, 3.63) is 52.5 Å². The van der Waals surface area contributed by atoms with Crippen LogP contribution in [-0.4, -0.2) is 43.2 Å². The number of para-hydroxylation sites is 1. The number of amidine groups is 1. The summed E-state index contributed by atoms with van der Waals surface area (Å²) in [7, 11) is 4.68. The van der Waals surface area contributed by atoms with Crippen molar-refractivity contribution in [1.29, 1.82) is 0 Å². The Balaban J connectivity index is 1.95. The molecule has 1 atom stereocenters. The van der Waals surface area contributed by atoms with Crippen molar-refractivity contribution in [2.24, 2.45) is 10.1 Å². The van der Waals surface area contributed by atoms with Crippen LogP contribution in [0.1, 0.15) is 18.7 Å². The highest BCUT2D eigenvalue weighted by Gasteiger charge is 2.35. The molecule has 2 aromatic carbocycles. The quantitative estimate of drug-likeness (QED) is 0.782. The van der Waals surface area contributed by atoms with Gasteiger partial charge in [-0.05, 0) is 24.0 Å². The van der Waals surface area contributed by atoms with Crippen molar-refractivity contribution in [1.82, 2.24) is 10.3 Å².